The molecule has 0 atom stereocenters. The molecule has 15 heteroatoms. The van der Waals surface area contributed by atoms with E-state index in [1.54, 1.807) is 30.0 Å². The van der Waals surface area contributed by atoms with E-state index in [0.717, 1.165) is 17.7 Å². The summed E-state index contributed by atoms with van der Waals surface area (Å²) in [5.41, 5.74) is 6.69. The lowest BCUT2D eigenvalue weighted by Gasteiger charge is -2.15. The SMILES string of the molecule is Cc1cc(OCc2ccc(F)cc2F)c(Br)c(=O)n1Cc1cnc(NCCN)nc1.O=C(O)C(F)(F)F. The van der Waals surface area contributed by atoms with E-state index >= 15 is 0 Å². The van der Waals surface area contributed by atoms with Gasteiger partial charge in [0.1, 0.15) is 28.5 Å². The molecule has 0 saturated heterocycles. The predicted octanol–water partition coefficient (Wildman–Crippen LogP) is 3.62. The minimum atomic E-state index is -5.08. The molecule has 0 bridgehead atoms. The molecule has 0 amide bonds. The van der Waals surface area contributed by atoms with Crippen LogP contribution in [0.3, 0.4) is 0 Å². The number of rotatable bonds is 8. The second-order valence-electron chi connectivity index (χ2n) is 7.31. The number of nitrogens with two attached hydrogens (primary N) is 1. The lowest BCUT2D eigenvalue weighted by Crippen LogP contribution is -2.24. The van der Waals surface area contributed by atoms with Gasteiger partial charge < -0.3 is 25.5 Å². The number of aromatic nitrogens is 3. The molecule has 0 spiro atoms. The summed E-state index contributed by atoms with van der Waals surface area (Å²) in [6.07, 6.45) is -1.82. The minimum Gasteiger partial charge on any atom is -0.487 e. The molecule has 9 nitrogen and oxygen atoms in total. The van der Waals surface area contributed by atoms with Gasteiger partial charge in [0.05, 0.1) is 6.54 Å². The van der Waals surface area contributed by atoms with E-state index in [4.69, 9.17) is 20.4 Å². The number of anilines is 1. The Bertz CT molecular complexity index is 1290. The first-order valence-corrected chi connectivity index (χ1v) is 11.1. The normalized spacial score (nSPS) is 10.9. The van der Waals surface area contributed by atoms with Crippen LogP contribution < -0.4 is 21.3 Å². The van der Waals surface area contributed by atoms with E-state index in [1.807, 2.05) is 0 Å². The molecule has 0 radical (unpaired) electrons. The first-order valence-electron chi connectivity index (χ1n) is 10.3. The minimum absolute atomic E-state index is 0.140. The number of carboxylic acid groups (broad SMARTS) is 1. The molecule has 4 N–H and O–H groups in total. The molecular formula is C22H21BrF5N5O4. The maximum absolute atomic E-state index is 13.8. The highest BCUT2D eigenvalue weighted by Crippen LogP contribution is 2.24. The quantitative estimate of drug-likeness (QED) is 0.337. The summed E-state index contributed by atoms with van der Waals surface area (Å²) >= 11 is 3.26. The molecule has 1 aromatic carbocycles. The van der Waals surface area contributed by atoms with Crippen molar-refractivity contribution in [1.82, 2.24) is 14.5 Å². The smallest absolute Gasteiger partial charge is 0.487 e. The standard InChI is InChI=1S/C20H20BrF2N5O2.C2HF3O2/c1-12-6-17(30-11-14-2-3-15(22)7-16(14)23)18(21)19(29)28(12)10-13-8-26-20(27-9-13)25-5-4-24;3-2(4,5)1(6)7/h2-3,6-9H,4-5,10-11,24H2,1H3,(H,25,26,27);(H,6,7). The zero-order valence-electron chi connectivity index (χ0n) is 19.2. The van der Waals surface area contributed by atoms with Crippen LogP contribution in [0.4, 0.5) is 27.9 Å². The zero-order chi connectivity index (χ0) is 27.8. The van der Waals surface area contributed by atoms with Gasteiger partial charge in [-0.15, -0.1) is 0 Å². The number of nitrogens with one attached hydrogen (secondary N) is 1. The molecule has 0 aliphatic carbocycles. The van der Waals surface area contributed by atoms with Gasteiger partial charge in [-0.3, -0.25) is 4.79 Å². The Morgan fingerprint density at radius 2 is 1.84 bits per heavy atom. The van der Waals surface area contributed by atoms with Crippen LogP contribution in [0.5, 0.6) is 5.75 Å². The third-order valence-electron chi connectivity index (χ3n) is 4.53. The summed E-state index contributed by atoms with van der Waals surface area (Å²) in [6, 6.07) is 4.92. The van der Waals surface area contributed by atoms with Crippen molar-refractivity contribution in [3.8, 4) is 5.75 Å². The second-order valence-corrected chi connectivity index (χ2v) is 8.11. The van der Waals surface area contributed by atoms with Gasteiger partial charge in [0.2, 0.25) is 5.95 Å². The van der Waals surface area contributed by atoms with Crippen molar-refractivity contribution in [2.24, 2.45) is 5.73 Å². The fourth-order valence-electron chi connectivity index (χ4n) is 2.71. The molecule has 2 aromatic heterocycles. The van der Waals surface area contributed by atoms with Crippen molar-refractivity contribution in [1.29, 1.82) is 0 Å². The zero-order valence-corrected chi connectivity index (χ0v) is 20.7. The fourth-order valence-corrected chi connectivity index (χ4v) is 3.15. The first-order chi connectivity index (χ1) is 17.3. The van der Waals surface area contributed by atoms with E-state index in [9.17, 15) is 26.7 Å². The Balaban J connectivity index is 0.000000604. The van der Waals surface area contributed by atoms with Gasteiger partial charge >= 0.3 is 12.1 Å². The molecule has 0 fully saturated rings. The van der Waals surface area contributed by atoms with E-state index in [1.165, 1.54) is 6.07 Å². The number of benzene rings is 1. The number of halogens is 6. The third-order valence-corrected chi connectivity index (χ3v) is 5.26. The van der Waals surface area contributed by atoms with Crippen LogP contribution in [0.15, 0.2) is 45.9 Å². The van der Waals surface area contributed by atoms with Gasteiger partial charge in [0.15, 0.2) is 0 Å². The van der Waals surface area contributed by atoms with Crippen molar-refractivity contribution in [3.63, 3.8) is 0 Å². The van der Waals surface area contributed by atoms with Gasteiger partial charge in [-0.1, -0.05) is 0 Å². The Hall–Kier alpha value is -3.59. The summed E-state index contributed by atoms with van der Waals surface area (Å²) in [4.78, 5) is 30.1. The number of ether oxygens (including phenoxy) is 1. The molecule has 200 valence electrons. The van der Waals surface area contributed by atoms with Gasteiger partial charge in [0.25, 0.3) is 5.56 Å². The second kappa shape index (κ2) is 13.1. The van der Waals surface area contributed by atoms with Crippen LogP contribution in [0.2, 0.25) is 0 Å². The highest BCUT2D eigenvalue weighted by Gasteiger charge is 2.38. The lowest BCUT2D eigenvalue weighted by molar-refractivity contribution is -0.192. The van der Waals surface area contributed by atoms with Crippen LogP contribution >= 0.6 is 15.9 Å². The van der Waals surface area contributed by atoms with Gasteiger partial charge in [-0.2, -0.15) is 13.2 Å². The molecule has 0 saturated carbocycles. The molecule has 2 heterocycles. The van der Waals surface area contributed by atoms with E-state index in [2.05, 4.69) is 31.2 Å². The Morgan fingerprint density at radius 1 is 1.22 bits per heavy atom. The number of alkyl halides is 3. The van der Waals surface area contributed by atoms with Crippen molar-refractivity contribution in [2.45, 2.75) is 26.3 Å². The average molecular weight is 594 g/mol. The average Bonchev–Trinajstić information content (AvgIpc) is 2.83. The fraction of sp³-hybridized carbons (Fsp3) is 0.273. The maximum atomic E-state index is 13.8. The summed E-state index contributed by atoms with van der Waals surface area (Å²) in [5.74, 6) is -3.39. The van der Waals surface area contributed by atoms with Crippen LogP contribution in [-0.4, -0.2) is 44.9 Å². The number of aliphatic carboxylic acids is 1. The molecule has 0 aliphatic heterocycles. The van der Waals surface area contributed by atoms with Crippen molar-refractivity contribution < 1.29 is 36.6 Å². The molecule has 37 heavy (non-hydrogen) atoms. The summed E-state index contributed by atoms with van der Waals surface area (Å²) < 4.78 is 65.9. The number of aryl methyl sites for hydroxylation is 1. The molecular weight excluding hydrogens is 573 g/mol. The van der Waals surface area contributed by atoms with Crippen LogP contribution in [0.25, 0.3) is 0 Å². The monoisotopic (exact) mass is 593 g/mol. The molecule has 0 unspecified atom stereocenters. The Labute approximate surface area is 215 Å². The van der Waals surface area contributed by atoms with Crippen LogP contribution in [0.1, 0.15) is 16.8 Å². The van der Waals surface area contributed by atoms with Crippen molar-refractivity contribution in [2.75, 3.05) is 18.4 Å². The summed E-state index contributed by atoms with van der Waals surface area (Å²) in [7, 11) is 0. The van der Waals surface area contributed by atoms with Crippen LogP contribution in [0, 0.1) is 18.6 Å². The number of pyridine rings is 1. The topological polar surface area (TPSA) is 132 Å². The van der Waals surface area contributed by atoms with Crippen molar-refractivity contribution >= 4 is 27.8 Å². The Morgan fingerprint density at radius 3 is 2.38 bits per heavy atom. The van der Waals surface area contributed by atoms with E-state index in [0.29, 0.717) is 24.7 Å². The highest BCUT2D eigenvalue weighted by atomic mass is 79.9. The number of hydrogen-bond donors (Lipinski definition) is 3. The number of carboxylic acids is 1. The summed E-state index contributed by atoms with van der Waals surface area (Å²) in [5, 5.41) is 10.1. The summed E-state index contributed by atoms with van der Waals surface area (Å²) in [6.45, 7) is 2.92. The highest BCUT2D eigenvalue weighted by molar-refractivity contribution is 9.10. The number of nitrogens with zero attached hydrogens (tertiary/aromatic N) is 3. The lowest BCUT2D eigenvalue weighted by atomic mass is 10.2. The van der Waals surface area contributed by atoms with Gasteiger partial charge in [-0.25, -0.2) is 23.5 Å². The largest absolute Gasteiger partial charge is 0.490 e. The third kappa shape index (κ3) is 8.78. The predicted molar refractivity (Wildman–Crippen MR) is 126 cm³/mol. The van der Waals surface area contributed by atoms with E-state index in [-0.39, 0.29) is 34.5 Å². The number of hydrogen-bond acceptors (Lipinski definition) is 7. The molecule has 3 aromatic rings. The van der Waals surface area contributed by atoms with E-state index < -0.39 is 23.8 Å². The first kappa shape index (κ1) is 29.6. The van der Waals surface area contributed by atoms with Crippen molar-refractivity contribution in [3.05, 3.63) is 79.9 Å². The molecule has 0 aliphatic rings. The Kier molecular flexibility index (Phi) is 10.5. The van der Waals surface area contributed by atoms with Gasteiger partial charge in [-0.05, 0) is 35.0 Å². The maximum Gasteiger partial charge on any atom is 0.490 e. The van der Waals surface area contributed by atoms with Gasteiger partial charge in [0, 0.05) is 54.4 Å². The van der Waals surface area contributed by atoms with Crippen LogP contribution in [-0.2, 0) is 17.9 Å². The molecule has 3 rings (SSSR count). The number of carbonyl (C=O) groups is 1.